The molecule has 48 heavy (non-hydrogen) atoms. The van der Waals surface area contributed by atoms with Crippen molar-refractivity contribution in [1.29, 1.82) is 0 Å². The highest BCUT2D eigenvalue weighted by molar-refractivity contribution is 7.60. The van der Waals surface area contributed by atoms with Crippen molar-refractivity contribution < 1.29 is 47.5 Å². The third kappa shape index (κ3) is 13.4. The summed E-state index contributed by atoms with van der Waals surface area (Å²) in [4.78, 5) is 75.6. The number of nitrogens with one attached hydrogen (secondary N) is 2. The van der Waals surface area contributed by atoms with Gasteiger partial charge in [0.15, 0.2) is 5.76 Å². The zero-order valence-corrected chi connectivity index (χ0v) is 29.5. The first-order valence-corrected chi connectivity index (χ1v) is 18.5. The van der Waals surface area contributed by atoms with Crippen LogP contribution in [0.25, 0.3) is 11.3 Å². The highest BCUT2D eigenvalue weighted by atomic mass is 31.2. The Morgan fingerprint density at radius 3 is 2.27 bits per heavy atom. The molecule has 268 valence electrons. The van der Waals surface area contributed by atoms with Gasteiger partial charge in [0.1, 0.15) is 11.5 Å². The molecule has 0 spiro atoms. The van der Waals surface area contributed by atoms with Crippen LogP contribution in [0, 0.1) is 5.92 Å². The van der Waals surface area contributed by atoms with Crippen LogP contribution in [-0.2, 0) is 23.8 Å². The van der Waals surface area contributed by atoms with Gasteiger partial charge in [0.05, 0.1) is 30.5 Å². The summed E-state index contributed by atoms with van der Waals surface area (Å²) >= 11 is 0. The molecule has 0 radical (unpaired) electrons. The molecule has 2 aromatic rings. The summed E-state index contributed by atoms with van der Waals surface area (Å²) in [5.74, 6) is -1.92. The number of furan rings is 1. The van der Waals surface area contributed by atoms with Crippen LogP contribution in [0.3, 0.4) is 0 Å². The average molecular weight is 694 g/mol. The maximum atomic E-state index is 13.4. The minimum absolute atomic E-state index is 0.0888. The molecule has 0 bridgehead atoms. The number of hydrogen-bond acceptors (Lipinski definition) is 8. The molecule has 3 amide bonds. The van der Waals surface area contributed by atoms with Crippen molar-refractivity contribution in [3.63, 3.8) is 0 Å². The van der Waals surface area contributed by atoms with Gasteiger partial charge < -0.3 is 34.4 Å². The largest absolute Gasteiger partial charge is 0.494 e. The van der Waals surface area contributed by atoms with E-state index in [4.69, 9.17) is 14.0 Å². The van der Waals surface area contributed by atoms with Crippen molar-refractivity contribution in [1.82, 2.24) is 15.7 Å². The Labute approximate surface area is 283 Å². The lowest BCUT2D eigenvalue weighted by atomic mass is 9.90. The summed E-state index contributed by atoms with van der Waals surface area (Å²) in [5.41, 5.74) is 0.305. The number of unbranched alkanes of at least 4 members (excludes halogenated alkanes) is 7. The Bertz CT molecular complexity index is 1360. The minimum Gasteiger partial charge on any atom is -0.494 e. The third-order valence-electron chi connectivity index (χ3n) is 7.88. The molecule has 0 saturated heterocycles. The molecule has 14 heteroatoms. The van der Waals surface area contributed by atoms with Gasteiger partial charge in [-0.05, 0) is 56.5 Å². The second-order valence-electron chi connectivity index (χ2n) is 11.6. The van der Waals surface area contributed by atoms with Gasteiger partial charge in [-0.2, -0.15) is 5.06 Å². The number of benzene rings is 1. The summed E-state index contributed by atoms with van der Waals surface area (Å²) in [6, 6.07) is 6.25. The summed E-state index contributed by atoms with van der Waals surface area (Å²) in [7, 11) is -4.59. The molecule has 4 N–H and O–H groups in total. The quantitative estimate of drug-likeness (QED) is 0.0355. The molecule has 0 saturated carbocycles. The van der Waals surface area contributed by atoms with Gasteiger partial charge in [-0.3, -0.25) is 18.9 Å². The molecule has 2 rings (SSSR count). The fourth-order valence-electron chi connectivity index (χ4n) is 5.32. The summed E-state index contributed by atoms with van der Waals surface area (Å²) in [6.07, 6.45) is 9.97. The van der Waals surface area contributed by atoms with Gasteiger partial charge in [0.2, 0.25) is 12.3 Å². The number of carbonyl (C=O) groups is 4. The lowest BCUT2D eigenvalue weighted by Crippen LogP contribution is -2.49. The summed E-state index contributed by atoms with van der Waals surface area (Å²) < 4.78 is 23.0. The van der Waals surface area contributed by atoms with E-state index in [1.54, 1.807) is 13.0 Å². The van der Waals surface area contributed by atoms with E-state index >= 15 is 0 Å². The van der Waals surface area contributed by atoms with Gasteiger partial charge in [0.25, 0.3) is 5.91 Å². The Hall–Kier alpha value is -3.67. The molecular formula is C34H52N3O10P. The number of hydrogen-bond donors (Lipinski definition) is 4. The lowest BCUT2D eigenvalue weighted by Gasteiger charge is -2.31. The molecule has 1 heterocycles. The van der Waals surface area contributed by atoms with Crippen LogP contribution >= 0.6 is 7.60 Å². The van der Waals surface area contributed by atoms with Crippen molar-refractivity contribution in [3.8, 4) is 17.1 Å². The van der Waals surface area contributed by atoms with E-state index in [1.165, 1.54) is 24.3 Å². The molecule has 1 aromatic heterocycles. The van der Waals surface area contributed by atoms with Crippen molar-refractivity contribution in [3.05, 3.63) is 36.1 Å². The highest BCUT2D eigenvalue weighted by Crippen LogP contribution is 2.37. The second-order valence-corrected chi connectivity index (χ2v) is 13.2. The second kappa shape index (κ2) is 21.3. The standard InChI is InChI=1S/C34H52N3O10P/c1-5-9-11-12-13-15-17-32(39)47-37(24-38)29(7-3)28(16-14-10-6-2)33(40)35-23-36-34(41)31-19-18-30(46-31)25-20-26(45-8-4)22-27(21-25)48(42,43)44/h18-22,24,28-29H,5-17,23H2,1-4H3,(H,35,40)(H,36,41)(H2,42,43,44)/t28-,29-/m1/s1. The summed E-state index contributed by atoms with van der Waals surface area (Å²) in [6.45, 7) is 7.76. The smallest absolute Gasteiger partial charge is 0.356 e. The van der Waals surface area contributed by atoms with E-state index in [0.717, 1.165) is 56.4 Å². The lowest BCUT2D eigenvalue weighted by molar-refractivity contribution is -0.204. The molecule has 0 aliphatic heterocycles. The van der Waals surface area contributed by atoms with E-state index in [2.05, 4.69) is 17.6 Å². The maximum Gasteiger partial charge on any atom is 0.356 e. The van der Waals surface area contributed by atoms with Crippen molar-refractivity contribution in [2.45, 2.75) is 111 Å². The van der Waals surface area contributed by atoms with E-state index in [-0.39, 0.29) is 42.3 Å². The minimum atomic E-state index is -4.59. The van der Waals surface area contributed by atoms with Gasteiger partial charge in [-0.15, -0.1) is 0 Å². The van der Waals surface area contributed by atoms with Crippen LogP contribution in [0.1, 0.15) is 115 Å². The number of rotatable bonds is 24. The third-order valence-corrected chi connectivity index (χ3v) is 8.81. The number of carbonyl (C=O) groups excluding carboxylic acids is 4. The van der Waals surface area contributed by atoms with Crippen LogP contribution in [0.5, 0.6) is 5.75 Å². The molecule has 0 aliphatic carbocycles. The molecule has 1 aromatic carbocycles. The molecule has 13 nitrogen and oxygen atoms in total. The van der Waals surface area contributed by atoms with Gasteiger partial charge in [0, 0.05) is 12.0 Å². The zero-order chi connectivity index (χ0) is 35.5. The first kappa shape index (κ1) is 40.5. The topological polar surface area (TPSA) is 185 Å². The zero-order valence-electron chi connectivity index (χ0n) is 28.6. The normalized spacial score (nSPS) is 12.5. The highest BCUT2D eigenvalue weighted by Gasteiger charge is 2.33. The van der Waals surface area contributed by atoms with Crippen LogP contribution in [-0.4, -0.2) is 58.4 Å². The first-order chi connectivity index (χ1) is 23.0. The Morgan fingerprint density at radius 1 is 0.938 bits per heavy atom. The molecular weight excluding hydrogens is 641 g/mol. The van der Waals surface area contributed by atoms with Gasteiger partial charge in [-0.25, -0.2) is 4.79 Å². The average Bonchev–Trinajstić information content (AvgIpc) is 3.56. The van der Waals surface area contributed by atoms with E-state index in [9.17, 15) is 33.5 Å². The molecule has 0 fully saturated rings. The number of nitrogens with zero attached hydrogens (tertiary/aromatic N) is 1. The Kier molecular flexibility index (Phi) is 18.0. The van der Waals surface area contributed by atoms with E-state index < -0.39 is 37.3 Å². The maximum absolute atomic E-state index is 13.4. The Morgan fingerprint density at radius 2 is 1.62 bits per heavy atom. The van der Waals surface area contributed by atoms with Crippen molar-refractivity contribution in [2.24, 2.45) is 5.92 Å². The van der Waals surface area contributed by atoms with Crippen LogP contribution in [0.2, 0.25) is 0 Å². The first-order valence-electron chi connectivity index (χ1n) is 16.9. The van der Waals surface area contributed by atoms with Crippen molar-refractivity contribution in [2.75, 3.05) is 13.3 Å². The Balaban J connectivity index is 2.06. The number of ether oxygens (including phenoxy) is 1. The SMILES string of the molecule is CCCCCCCCC(=O)ON(C=O)[C@H](CC)[C@@H](CCCCC)C(=O)NCNC(=O)c1ccc(-c2cc(OCC)cc(P(=O)(O)O)c2)o1. The number of amides is 3. The van der Waals surface area contributed by atoms with Crippen molar-refractivity contribution >= 4 is 37.1 Å². The van der Waals surface area contributed by atoms with Gasteiger partial charge in [-0.1, -0.05) is 72.1 Å². The van der Waals surface area contributed by atoms with Crippen LogP contribution < -0.4 is 20.7 Å². The van der Waals surface area contributed by atoms with E-state index in [1.807, 2.05) is 13.8 Å². The predicted molar refractivity (Wildman–Crippen MR) is 181 cm³/mol. The number of hydroxylamine groups is 2. The fourth-order valence-corrected chi connectivity index (χ4v) is 5.93. The molecule has 2 atom stereocenters. The molecule has 0 unspecified atom stereocenters. The van der Waals surface area contributed by atoms with Gasteiger partial charge >= 0.3 is 13.6 Å². The van der Waals surface area contributed by atoms with Crippen LogP contribution in [0.4, 0.5) is 0 Å². The predicted octanol–water partition coefficient (Wildman–Crippen LogP) is 5.59. The fraction of sp³-hybridized carbons (Fsp3) is 0.588. The van der Waals surface area contributed by atoms with E-state index in [0.29, 0.717) is 31.2 Å². The van der Waals surface area contributed by atoms with Crippen LogP contribution in [0.15, 0.2) is 34.7 Å². The monoisotopic (exact) mass is 693 g/mol. The molecule has 0 aliphatic rings. The summed E-state index contributed by atoms with van der Waals surface area (Å²) in [5, 5.41) is 5.98.